The average molecular weight is 411 g/mol. The second kappa shape index (κ2) is 7.49. The minimum absolute atomic E-state index is 0.175. The zero-order valence-electron chi connectivity index (χ0n) is 14.3. The Morgan fingerprint density at radius 1 is 1.21 bits per heavy atom. The molecule has 0 spiro atoms. The number of benzene rings is 1. The predicted octanol–water partition coefficient (Wildman–Crippen LogP) is 4.64. The molecule has 28 heavy (non-hydrogen) atoms. The molecule has 140 valence electrons. The van der Waals surface area contributed by atoms with Crippen LogP contribution in [0.1, 0.15) is 21.9 Å². The first-order chi connectivity index (χ1) is 13.5. The molecular formula is C20H13NO5S2. The Kier molecular flexibility index (Phi) is 4.89. The van der Waals surface area contributed by atoms with Crippen molar-refractivity contribution in [2.75, 3.05) is 0 Å². The summed E-state index contributed by atoms with van der Waals surface area (Å²) >= 11 is 6.50. The number of aromatic carboxylic acids is 1. The monoisotopic (exact) mass is 411 g/mol. The van der Waals surface area contributed by atoms with Gasteiger partial charge in [-0.05, 0) is 36.4 Å². The lowest BCUT2D eigenvalue weighted by Gasteiger charge is -2.11. The number of carbonyl (C=O) groups excluding carboxylic acids is 1. The SMILES string of the molecule is O=C(O)c1cccc(-c2ccc(/C=C3\SC(=S)N(Cc4ccco4)C3=O)o2)c1. The highest BCUT2D eigenvalue weighted by atomic mass is 32.2. The molecule has 2 aromatic heterocycles. The number of hydrogen-bond donors (Lipinski definition) is 1. The summed E-state index contributed by atoms with van der Waals surface area (Å²) in [7, 11) is 0. The Morgan fingerprint density at radius 2 is 2.07 bits per heavy atom. The summed E-state index contributed by atoms with van der Waals surface area (Å²) < 4.78 is 11.5. The van der Waals surface area contributed by atoms with E-state index in [1.54, 1.807) is 48.7 Å². The molecule has 0 radical (unpaired) electrons. The van der Waals surface area contributed by atoms with Crippen molar-refractivity contribution in [3.63, 3.8) is 0 Å². The van der Waals surface area contributed by atoms with Crippen molar-refractivity contribution in [3.05, 3.63) is 76.8 Å². The molecule has 0 aliphatic carbocycles. The molecule has 0 atom stereocenters. The smallest absolute Gasteiger partial charge is 0.335 e. The Morgan fingerprint density at radius 3 is 2.82 bits per heavy atom. The van der Waals surface area contributed by atoms with Crippen molar-refractivity contribution >= 4 is 46.3 Å². The predicted molar refractivity (Wildman–Crippen MR) is 109 cm³/mol. The standard InChI is InChI=1S/C20H13NO5S2/c22-18-17(28-20(27)21(18)11-15-5-2-8-25-15)10-14-6-7-16(26-14)12-3-1-4-13(9-12)19(23)24/h1-10H,11H2,(H,23,24)/b17-10-. The zero-order valence-corrected chi connectivity index (χ0v) is 16.0. The molecule has 6 nitrogen and oxygen atoms in total. The fourth-order valence-corrected chi connectivity index (χ4v) is 3.95. The van der Waals surface area contributed by atoms with Gasteiger partial charge in [-0.3, -0.25) is 9.69 Å². The molecule has 1 aromatic carbocycles. The van der Waals surface area contributed by atoms with E-state index in [1.165, 1.54) is 28.8 Å². The Hall–Kier alpha value is -3.10. The first-order valence-electron chi connectivity index (χ1n) is 8.22. The molecule has 1 aliphatic rings. The van der Waals surface area contributed by atoms with Crippen molar-refractivity contribution in [2.24, 2.45) is 0 Å². The molecule has 1 aliphatic heterocycles. The minimum Gasteiger partial charge on any atom is -0.478 e. The van der Waals surface area contributed by atoms with Crippen LogP contribution in [0.15, 0.2) is 68.5 Å². The maximum absolute atomic E-state index is 12.6. The summed E-state index contributed by atoms with van der Waals surface area (Å²) in [6.45, 7) is 0.278. The van der Waals surface area contributed by atoms with Crippen LogP contribution in [0, 0.1) is 0 Å². The molecule has 3 aromatic rings. The average Bonchev–Trinajstić information content (AvgIpc) is 3.41. The lowest BCUT2D eigenvalue weighted by Crippen LogP contribution is -2.27. The number of carboxylic acids is 1. The van der Waals surface area contributed by atoms with E-state index >= 15 is 0 Å². The number of hydrogen-bond acceptors (Lipinski definition) is 6. The summed E-state index contributed by atoms with van der Waals surface area (Å²) in [6.07, 6.45) is 3.18. The molecule has 0 saturated carbocycles. The molecule has 0 bridgehead atoms. The third-order valence-electron chi connectivity index (χ3n) is 4.06. The summed E-state index contributed by atoms with van der Waals surface area (Å²) in [5.74, 6) is 0.428. The van der Waals surface area contributed by atoms with Crippen LogP contribution in [0.4, 0.5) is 0 Å². The summed E-state index contributed by atoms with van der Waals surface area (Å²) in [4.78, 5) is 25.7. The van der Waals surface area contributed by atoms with Gasteiger partial charge in [-0.2, -0.15) is 0 Å². The van der Waals surface area contributed by atoms with Gasteiger partial charge in [0, 0.05) is 11.6 Å². The van der Waals surface area contributed by atoms with E-state index in [1.807, 2.05) is 0 Å². The highest BCUT2D eigenvalue weighted by Gasteiger charge is 2.32. The van der Waals surface area contributed by atoms with Crippen LogP contribution in [-0.2, 0) is 11.3 Å². The number of thiocarbonyl (C=S) groups is 1. The number of rotatable bonds is 5. The van der Waals surface area contributed by atoms with Crippen LogP contribution < -0.4 is 0 Å². The van der Waals surface area contributed by atoms with Gasteiger partial charge in [0.15, 0.2) is 0 Å². The third kappa shape index (κ3) is 3.64. The van der Waals surface area contributed by atoms with Gasteiger partial charge in [-0.25, -0.2) is 4.79 Å². The Labute approximate surface area is 169 Å². The van der Waals surface area contributed by atoms with E-state index in [0.717, 1.165) is 0 Å². The second-order valence-electron chi connectivity index (χ2n) is 5.94. The molecular weight excluding hydrogens is 398 g/mol. The van der Waals surface area contributed by atoms with E-state index in [0.29, 0.717) is 32.1 Å². The highest BCUT2D eigenvalue weighted by molar-refractivity contribution is 8.26. The lowest BCUT2D eigenvalue weighted by molar-refractivity contribution is -0.122. The van der Waals surface area contributed by atoms with Gasteiger partial charge < -0.3 is 13.9 Å². The van der Waals surface area contributed by atoms with E-state index in [-0.39, 0.29) is 18.0 Å². The number of carboxylic acid groups (broad SMARTS) is 1. The molecule has 4 rings (SSSR count). The van der Waals surface area contributed by atoms with Gasteiger partial charge in [-0.15, -0.1) is 0 Å². The topological polar surface area (TPSA) is 83.9 Å². The molecule has 1 N–H and O–H groups in total. The quantitative estimate of drug-likeness (QED) is 0.484. The maximum Gasteiger partial charge on any atom is 0.335 e. The largest absolute Gasteiger partial charge is 0.478 e. The molecule has 1 fully saturated rings. The van der Waals surface area contributed by atoms with Crippen molar-refractivity contribution in [3.8, 4) is 11.3 Å². The first kappa shape index (κ1) is 18.3. The Bertz CT molecular complexity index is 1100. The molecule has 8 heteroatoms. The first-order valence-corrected chi connectivity index (χ1v) is 9.45. The Balaban J connectivity index is 1.55. The van der Waals surface area contributed by atoms with Crippen LogP contribution in [0.2, 0.25) is 0 Å². The van der Waals surface area contributed by atoms with E-state index in [9.17, 15) is 9.59 Å². The van der Waals surface area contributed by atoms with Gasteiger partial charge in [0.05, 0.1) is 23.3 Å². The zero-order chi connectivity index (χ0) is 19.7. The highest BCUT2D eigenvalue weighted by Crippen LogP contribution is 2.34. The summed E-state index contributed by atoms with van der Waals surface area (Å²) in [5.41, 5.74) is 0.819. The van der Waals surface area contributed by atoms with E-state index in [4.69, 9.17) is 26.2 Å². The molecule has 1 saturated heterocycles. The van der Waals surface area contributed by atoms with Crippen molar-refractivity contribution in [1.82, 2.24) is 4.90 Å². The number of thioether (sulfide) groups is 1. The van der Waals surface area contributed by atoms with Gasteiger partial charge in [0.25, 0.3) is 5.91 Å². The summed E-state index contributed by atoms with van der Waals surface area (Å²) in [5, 5.41) is 9.12. The number of amides is 1. The maximum atomic E-state index is 12.6. The van der Waals surface area contributed by atoms with Crippen LogP contribution >= 0.6 is 24.0 Å². The van der Waals surface area contributed by atoms with Crippen LogP contribution in [-0.4, -0.2) is 26.2 Å². The van der Waals surface area contributed by atoms with Gasteiger partial charge in [0.1, 0.15) is 21.6 Å². The van der Waals surface area contributed by atoms with Crippen molar-refractivity contribution in [1.29, 1.82) is 0 Å². The third-order valence-corrected chi connectivity index (χ3v) is 5.44. The lowest BCUT2D eigenvalue weighted by atomic mass is 10.1. The van der Waals surface area contributed by atoms with Crippen LogP contribution in [0.5, 0.6) is 0 Å². The summed E-state index contributed by atoms with van der Waals surface area (Å²) in [6, 6.07) is 13.5. The van der Waals surface area contributed by atoms with Gasteiger partial charge >= 0.3 is 5.97 Å². The molecule has 3 heterocycles. The number of nitrogens with zero attached hydrogens (tertiary/aromatic N) is 1. The molecule has 0 unspecified atom stereocenters. The second-order valence-corrected chi connectivity index (χ2v) is 7.61. The van der Waals surface area contributed by atoms with Crippen molar-refractivity contribution < 1.29 is 23.5 Å². The minimum atomic E-state index is -1.01. The number of furan rings is 2. The normalized spacial score (nSPS) is 15.6. The van der Waals surface area contributed by atoms with Crippen molar-refractivity contribution in [2.45, 2.75) is 6.54 Å². The van der Waals surface area contributed by atoms with Gasteiger partial charge in [-0.1, -0.05) is 36.1 Å². The molecule has 1 amide bonds. The number of carbonyl (C=O) groups is 2. The van der Waals surface area contributed by atoms with E-state index < -0.39 is 5.97 Å². The van der Waals surface area contributed by atoms with E-state index in [2.05, 4.69) is 0 Å². The fraction of sp³-hybridized carbons (Fsp3) is 0.0500. The van der Waals surface area contributed by atoms with Gasteiger partial charge in [0.2, 0.25) is 0 Å². The van der Waals surface area contributed by atoms with Crippen LogP contribution in [0.3, 0.4) is 0 Å². The fourth-order valence-electron chi connectivity index (χ4n) is 2.71. The van der Waals surface area contributed by atoms with Crippen LogP contribution in [0.25, 0.3) is 17.4 Å².